The van der Waals surface area contributed by atoms with Gasteiger partial charge in [-0.1, -0.05) is 0 Å². The minimum absolute atomic E-state index is 0.0566. The third-order valence-electron chi connectivity index (χ3n) is 2.94. The molecule has 20 heavy (non-hydrogen) atoms. The van der Waals surface area contributed by atoms with Crippen LogP contribution in [0.2, 0.25) is 0 Å². The highest BCUT2D eigenvalue weighted by Crippen LogP contribution is 2.31. The van der Waals surface area contributed by atoms with E-state index in [9.17, 15) is 10.1 Å². The van der Waals surface area contributed by atoms with Crippen molar-refractivity contribution < 1.29 is 14.4 Å². The third kappa shape index (κ3) is 3.59. The molecule has 1 aliphatic carbocycles. The van der Waals surface area contributed by atoms with Crippen LogP contribution in [0.15, 0.2) is 18.2 Å². The van der Waals surface area contributed by atoms with E-state index in [1.165, 1.54) is 25.3 Å². The molecule has 1 aromatic rings. The highest BCUT2D eigenvalue weighted by molar-refractivity contribution is 5.50. The summed E-state index contributed by atoms with van der Waals surface area (Å²) in [5.74, 6) is 0.571. The van der Waals surface area contributed by atoms with Gasteiger partial charge in [0.15, 0.2) is 0 Å². The normalized spacial score (nSPS) is 15.2. The second kappa shape index (κ2) is 6.21. The van der Waals surface area contributed by atoms with Gasteiger partial charge in [-0.05, 0) is 18.9 Å². The molecule has 0 spiro atoms. The van der Waals surface area contributed by atoms with Crippen LogP contribution in [-0.4, -0.2) is 30.7 Å². The summed E-state index contributed by atoms with van der Waals surface area (Å²) in [6.45, 7) is 0.0566. The zero-order valence-corrected chi connectivity index (χ0v) is 11.0. The van der Waals surface area contributed by atoms with Crippen LogP contribution in [0.3, 0.4) is 0 Å². The monoisotopic (exact) mass is 277 g/mol. The summed E-state index contributed by atoms with van der Waals surface area (Å²) in [4.78, 5) is 10.4. The summed E-state index contributed by atoms with van der Waals surface area (Å²) in [5, 5.41) is 23.0. The molecule has 0 aliphatic heterocycles. The number of nitro benzene ring substituents is 1. The Morgan fingerprint density at radius 2 is 2.35 bits per heavy atom. The molecule has 0 amide bonds. The van der Waals surface area contributed by atoms with Crippen LogP contribution in [0.1, 0.15) is 12.8 Å². The zero-order valence-electron chi connectivity index (χ0n) is 11.0. The molecule has 0 heterocycles. The molecule has 7 heteroatoms. The van der Waals surface area contributed by atoms with Crippen LogP contribution < -0.4 is 14.8 Å². The topological polar surface area (TPSA) is 97.4 Å². The van der Waals surface area contributed by atoms with Crippen molar-refractivity contribution in [3.63, 3.8) is 0 Å². The minimum atomic E-state index is -0.523. The number of hydrogen-bond acceptors (Lipinski definition) is 6. The van der Waals surface area contributed by atoms with E-state index >= 15 is 0 Å². The lowest BCUT2D eigenvalue weighted by atomic mass is 10.2. The summed E-state index contributed by atoms with van der Waals surface area (Å²) in [7, 11) is 1.47. The van der Waals surface area contributed by atoms with E-state index in [0.29, 0.717) is 11.8 Å². The second-order valence-corrected chi connectivity index (χ2v) is 4.52. The molecule has 1 aromatic carbocycles. The fourth-order valence-electron chi connectivity index (χ4n) is 1.72. The maximum Gasteiger partial charge on any atom is 0.311 e. The average Bonchev–Trinajstić information content (AvgIpc) is 3.26. The van der Waals surface area contributed by atoms with E-state index < -0.39 is 11.0 Å². The van der Waals surface area contributed by atoms with Crippen LogP contribution >= 0.6 is 0 Å². The van der Waals surface area contributed by atoms with Gasteiger partial charge in [-0.2, -0.15) is 5.26 Å². The van der Waals surface area contributed by atoms with Gasteiger partial charge in [0.1, 0.15) is 18.4 Å². The Morgan fingerprint density at radius 1 is 1.60 bits per heavy atom. The van der Waals surface area contributed by atoms with Gasteiger partial charge in [0.2, 0.25) is 5.75 Å². The molecule has 7 nitrogen and oxygen atoms in total. The lowest BCUT2D eigenvalue weighted by molar-refractivity contribution is -0.385. The number of nitrogens with zero attached hydrogens (tertiary/aromatic N) is 2. The van der Waals surface area contributed by atoms with Crippen LogP contribution in [-0.2, 0) is 0 Å². The van der Waals surface area contributed by atoms with Crippen molar-refractivity contribution >= 4 is 5.69 Å². The predicted octanol–water partition coefficient (Wildman–Crippen LogP) is 1.63. The largest absolute Gasteiger partial charge is 0.497 e. The molecule has 1 saturated carbocycles. The van der Waals surface area contributed by atoms with E-state index in [2.05, 4.69) is 11.4 Å². The van der Waals surface area contributed by atoms with Crippen LogP contribution in [0.4, 0.5) is 5.69 Å². The molecule has 1 N–H and O–H groups in total. The fourth-order valence-corrected chi connectivity index (χ4v) is 1.72. The molecule has 0 saturated heterocycles. The first kappa shape index (κ1) is 14.1. The molecule has 1 aliphatic rings. The van der Waals surface area contributed by atoms with Crippen molar-refractivity contribution in [3.05, 3.63) is 28.3 Å². The Balaban J connectivity index is 2.06. The molecule has 1 atom stereocenters. The fraction of sp³-hybridized carbons (Fsp3) is 0.462. The molecule has 1 unspecified atom stereocenters. The third-order valence-corrected chi connectivity index (χ3v) is 2.94. The van der Waals surface area contributed by atoms with Gasteiger partial charge >= 0.3 is 5.69 Å². The number of rotatable bonds is 7. The molecular weight excluding hydrogens is 262 g/mol. The van der Waals surface area contributed by atoms with Crippen molar-refractivity contribution in [2.45, 2.75) is 24.9 Å². The van der Waals surface area contributed by atoms with E-state index in [1.54, 1.807) is 0 Å². The first-order chi connectivity index (χ1) is 9.63. The SMILES string of the molecule is COc1ccc([N+](=O)[O-])c(OCC(C#N)NC2CC2)c1. The zero-order chi connectivity index (χ0) is 14.5. The lowest BCUT2D eigenvalue weighted by Gasteiger charge is -2.13. The Bertz CT molecular complexity index is 537. The highest BCUT2D eigenvalue weighted by atomic mass is 16.6. The van der Waals surface area contributed by atoms with Gasteiger partial charge < -0.3 is 9.47 Å². The summed E-state index contributed by atoms with van der Waals surface area (Å²) >= 11 is 0. The van der Waals surface area contributed by atoms with E-state index in [0.717, 1.165) is 12.8 Å². The smallest absolute Gasteiger partial charge is 0.311 e. The molecule has 2 rings (SSSR count). The first-order valence-corrected chi connectivity index (χ1v) is 6.25. The number of ether oxygens (including phenoxy) is 2. The van der Waals surface area contributed by atoms with Gasteiger partial charge in [-0.15, -0.1) is 0 Å². The van der Waals surface area contributed by atoms with Crippen LogP contribution in [0.5, 0.6) is 11.5 Å². The van der Waals surface area contributed by atoms with E-state index in [1.807, 2.05) is 0 Å². The standard InChI is InChI=1S/C13H15N3O4/c1-19-11-4-5-12(16(17)18)13(6-11)20-8-10(7-14)15-9-2-3-9/h4-6,9-10,15H,2-3,8H2,1H3. The number of nitro groups is 1. The quantitative estimate of drug-likeness (QED) is 0.601. The first-order valence-electron chi connectivity index (χ1n) is 6.25. The van der Waals surface area contributed by atoms with Gasteiger partial charge in [-0.25, -0.2) is 0 Å². The van der Waals surface area contributed by atoms with Crippen molar-refractivity contribution in [2.75, 3.05) is 13.7 Å². The molecule has 1 fully saturated rings. The molecule has 0 bridgehead atoms. The van der Waals surface area contributed by atoms with Crippen molar-refractivity contribution in [3.8, 4) is 17.6 Å². The Morgan fingerprint density at radius 3 is 2.90 bits per heavy atom. The summed E-state index contributed by atoms with van der Waals surface area (Å²) in [6.07, 6.45) is 2.11. The summed E-state index contributed by atoms with van der Waals surface area (Å²) in [6, 6.07) is 6.24. The van der Waals surface area contributed by atoms with Gasteiger partial charge in [0.05, 0.1) is 18.1 Å². The Kier molecular flexibility index (Phi) is 4.38. The number of nitrogens with one attached hydrogen (secondary N) is 1. The lowest BCUT2D eigenvalue weighted by Crippen LogP contribution is -2.34. The van der Waals surface area contributed by atoms with Crippen molar-refractivity contribution in [2.24, 2.45) is 0 Å². The van der Waals surface area contributed by atoms with E-state index in [4.69, 9.17) is 14.7 Å². The molecule has 106 valence electrons. The Labute approximate surface area is 116 Å². The number of benzene rings is 1. The summed E-state index contributed by atoms with van der Waals surface area (Å²) in [5.41, 5.74) is -0.145. The van der Waals surface area contributed by atoms with Gasteiger partial charge in [0.25, 0.3) is 0 Å². The van der Waals surface area contributed by atoms with Crippen LogP contribution in [0, 0.1) is 21.4 Å². The molecule has 0 aromatic heterocycles. The van der Waals surface area contributed by atoms with Gasteiger partial charge in [-0.3, -0.25) is 15.4 Å². The maximum atomic E-state index is 10.9. The Hall–Kier alpha value is -2.33. The van der Waals surface area contributed by atoms with Crippen molar-refractivity contribution in [1.29, 1.82) is 5.26 Å². The molecular formula is C13H15N3O4. The summed E-state index contributed by atoms with van der Waals surface area (Å²) < 4.78 is 10.4. The number of methoxy groups -OCH3 is 1. The molecule has 0 radical (unpaired) electrons. The second-order valence-electron chi connectivity index (χ2n) is 4.52. The maximum absolute atomic E-state index is 10.9. The average molecular weight is 277 g/mol. The predicted molar refractivity (Wildman–Crippen MR) is 70.7 cm³/mol. The van der Waals surface area contributed by atoms with Gasteiger partial charge in [0, 0.05) is 18.2 Å². The number of nitriles is 1. The van der Waals surface area contributed by atoms with Crippen molar-refractivity contribution in [1.82, 2.24) is 5.32 Å². The van der Waals surface area contributed by atoms with Crippen LogP contribution in [0.25, 0.3) is 0 Å². The minimum Gasteiger partial charge on any atom is -0.497 e. The highest BCUT2D eigenvalue weighted by Gasteiger charge is 2.25. The van der Waals surface area contributed by atoms with E-state index in [-0.39, 0.29) is 18.0 Å². The number of hydrogen-bond donors (Lipinski definition) is 1.